The van der Waals surface area contributed by atoms with Crippen molar-refractivity contribution in [3.8, 4) is 5.75 Å². The van der Waals surface area contributed by atoms with E-state index in [4.69, 9.17) is 14.4 Å². The number of hydrogen-bond donors (Lipinski definition) is 0. The maximum atomic E-state index is 6.18. The molecule has 0 amide bonds. The minimum absolute atomic E-state index is 0. The van der Waals surface area contributed by atoms with Crippen LogP contribution < -0.4 is 4.74 Å². The maximum Gasteiger partial charge on any atom is 0.175 e. The lowest BCUT2D eigenvalue weighted by Crippen LogP contribution is -2.33. The Balaban J connectivity index is 0.00000168. The Labute approximate surface area is 237 Å². The highest BCUT2D eigenvalue weighted by atomic mass is 35.5. The largest absolute Gasteiger partial charge is 0.493 e. The molecule has 7 nitrogen and oxygen atoms in total. The normalized spacial score (nSPS) is 16.6. The van der Waals surface area contributed by atoms with Gasteiger partial charge in [0.05, 0.1) is 29.1 Å². The summed E-state index contributed by atoms with van der Waals surface area (Å²) in [5.74, 6) is 2.41. The first-order valence-corrected chi connectivity index (χ1v) is 13.5. The fraction of sp³-hybridized carbons (Fsp3) is 0.517. The number of aryl methyl sites for hydroxylation is 1. The van der Waals surface area contributed by atoms with E-state index in [9.17, 15) is 0 Å². The van der Waals surface area contributed by atoms with Crippen LogP contribution in [0.5, 0.6) is 5.75 Å². The van der Waals surface area contributed by atoms with Gasteiger partial charge in [-0.2, -0.15) is 5.10 Å². The van der Waals surface area contributed by atoms with Gasteiger partial charge < -0.3 is 14.2 Å². The van der Waals surface area contributed by atoms with Gasteiger partial charge in [0.25, 0.3) is 0 Å². The summed E-state index contributed by atoms with van der Waals surface area (Å²) in [6.07, 6.45) is 9.18. The molecule has 0 N–H and O–H groups in total. The Bertz CT molecular complexity index is 1290. The van der Waals surface area contributed by atoms with Crippen molar-refractivity contribution < 1.29 is 9.26 Å². The van der Waals surface area contributed by atoms with Crippen molar-refractivity contribution >= 4 is 41.3 Å². The van der Waals surface area contributed by atoms with Gasteiger partial charge in [-0.05, 0) is 108 Å². The van der Waals surface area contributed by atoms with Crippen LogP contribution in [-0.4, -0.2) is 58.4 Å². The number of halogens is 2. The van der Waals surface area contributed by atoms with Crippen molar-refractivity contribution in [2.75, 3.05) is 33.8 Å². The number of pyridine rings is 1. The molecule has 0 atom stereocenters. The number of likely N-dealkylation sites (tertiary alicyclic amines) is 1. The summed E-state index contributed by atoms with van der Waals surface area (Å²) < 4.78 is 14.1. The van der Waals surface area contributed by atoms with E-state index in [-0.39, 0.29) is 24.8 Å². The zero-order valence-corrected chi connectivity index (χ0v) is 24.0. The molecule has 1 aromatic carbocycles. The van der Waals surface area contributed by atoms with Gasteiger partial charge in [0.1, 0.15) is 5.75 Å². The minimum atomic E-state index is 0. The van der Waals surface area contributed by atoms with Crippen LogP contribution in [0.2, 0.25) is 0 Å². The van der Waals surface area contributed by atoms with E-state index in [1.165, 1.54) is 25.7 Å². The first kappa shape index (κ1) is 28.7. The molecule has 9 heteroatoms. The predicted octanol–water partition coefficient (Wildman–Crippen LogP) is 6.01. The molecule has 1 aliphatic heterocycles. The summed E-state index contributed by atoms with van der Waals surface area (Å²) in [6.45, 7) is 4.79. The van der Waals surface area contributed by atoms with Gasteiger partial charge in [-0.1, -0.05) is 11.2 Å². The van der Waals surface area contributed by atoms with Crippen LogP contribution in [0.3, 0.4) is 0 Å². The molecule has 206 valence electrons. The summed E-state index contributed by atoms with van der Waals surface area (Å²) >= 11 is 0. The molecule has 1 saturated carbocycles. The first-order valence-electron chi connectivity index (χ1n) is 13.5. The molecule has 0 unspecified atom stereocenters. The van der Waals surface area contributed by atoms with Gasteiger partial charge in [0.15, 0.2) is 5.58 Å². The van der Waals surface area contributed by atoms with E-state index in [0.29, 0.717) is 0 Å². The average molecular weight is 561 g/mol. The molecular weight excluding hydrogens is 521 g/mol. The zero-order chi connectivity index (χ0) is 24.5. The minimum Gasteiger partial charge on any atom is -0.493 e. The average Bonchev–Trinajstić information content (AvgIpc) is 3.47. The third-order valence-corrected chi connectivity index (χ3v) is 7.72. The van der Waals surface area contributed by atoms with Crippen LogP contribution in [0.25, 0.3) is 16.5 Å². The van der Waals surface area contributed by atoms with E-state index in [2.05, 4.69) is 59.4 Å². The molecule has 2 aliphatic rings. The van der Waals surface area contributed by atoms with Crippen LogP contribution in [0.15, 0.2) is 47.1 Å². The lowest BCUT2D eigenvalue weighted by atomic mass is 9.91. The number of piperidine rings is 1. The van der Waals surface area contributed by atoms with Crippen LogP contribution >= 0.6 is 24.8 Å². The van der Waals surface area contributed by atoms with Crippen LogP contribution in [0, 0.1) is 11.8 Å². The fourth-order valence-corrected chi connectivity index (χ4v) is 5.44. The molecule has 4 heterocycles. The summed E-state index contributed by atoms with van der Waals surface area (Å²) in [5, 5.41) is 10.4. The van der Waals surface area contributed by atoms with Crippen molar-refractivity contribution in [1.82, 2.24) is 24.6 Å². The number of benzene rings is 1. The lowest BCUT2D eigenvalue weighted by Gasteiger charge is -2.31. The van der Waals surface area contributed by atoms with Crippen LogP contribution in [0.1, 0.15) is 49.1 Å². The zero-order valence-electron chi connectivity index (χ0n) is 22.3. The molecule has 0 bridgehead atoms. The summed E-state index contributed by atoms with van der Waals surface area (Å²) in [7, 11) is 4.17. The van der Waals surface area contributed by atoms with Gasteiger partial charge in [-0.25, -0.2) is 4.52 Å². The molecule has 2 fully saturated rings. The third kappa shape index (κ3) is 6.63. The number of ether oxygens (including phenoxy) is 1. The Morgan fingerprint density at radius 2 is 1.84 bits per heavy atom. The standard InChI is InChI=1S/C29H37N5O2.2ClH/c1-32(2)19-26-28(35-20-22-6-7-22)11-9-25-27(31-36-29(25)26)10-8-21-12-15-33(16-13-21)18-23-17-24-5-3-4-14-34(24)30-23;;/h3-5,9,11,14,17,21-22H,6-8,10,12-13,15-16,18-20H2,1-2H3;2*1H. The number of nitrogens with zero attached hydrogens (tertiary/aromatic N) is 5. The van der Waals surface area contributed by atoms with Gasteiger partial charge in [0.2, 0.25) is 0 Å². The Hall–Kier alpha value is -2.32. The van der Waals surface area contributed by atoms with Crippen LogP contribution in [0.4, 0.5) is 0 Å². The second-order valence-electron chi connectivity index (χ2n) is 11.0. The van der Waals surface area contributed by atoms with E-state index >= 15 is 0 Å². The number of aromatic nitrogens is 3. The number of hydrogen-bond acceptors (Lipinski definition) is 6. The summed E-state index contributed by atoms with van der Waals surface area (Å²) in [4.78, 5) is 4.71. The van der Waals surface area contributed by atoms with E-state index in [0.717, 1.165) is 96.7 Å². The molecule has 1 saturated heterocycles. The molecular formula is C29H39Cl2N5O2. The third-order valence-electron chi connectivity index (χ3n) is 7.72. The molecule has 3 aromatic heterocycles. The van der Waals surface area contributed by atoms with Crippen molar-refractivity contribution in [2.45, 2.75) is 51.6 Å². The van der Waals surface area contributed by atoms with E-state index in [1.54, 1.807) is 0 Å². The predicted molar refractivity (Wildman–Crippen MR) is 156 cm³/mol. The smallest absolute Gasteiger partial charge is 0.175 e. The molecule has 0 spiro atoms. The quantitative estimate of drug-likeness (QED) is 0.237. The van der Waals surface area contributed by atoms with E-state index < -0.39 is 0 Å². The van der Waals surface area contributed by atoms with Crippen molar-refractivity contribution in [3.63, 3.8) is 0 Å². The molecule has 1 aliphatic carbocycles. The van der Waals surface area contributed by atoms with Gasteiger partial charge in [-0.15, -0.1) is 24.8 Å². The number of rotatable bonds is 10. The summed E-state index contributed by atoms with van der Waals surface area (Å²) in [5.41, 5.74) is 5.43. The van der Waals surface area contributed by atoms with Crippen LogP contribution in [-0.2, 0) is 19.5 Å². The number of fused-ring (bicyclic) bond motifs is 2. The highest BCUT2D eigenvalue weighted by molar-refractivity contribution is 5.86. The SMILES string of the molecule is CN(C)Cc1c(OCC2CC2)ccc2c(CCC3CCN(Cc4cc5ccccn5n4)CC3)noc12.Cl.Cl. The fourth-order valence-electron chi connectivity index (χ4n) is 5.44. The molecule has 0 radical (unpaired) electrons. The monoisotopic (exact) mass is 559 g/mol. The Morgan fingerprint density at radius 3 is 2.58 bits per heavy atom. The Kier molecular flexibility index (Phi) is 9.58. The van der Waals surface area contributed by atoms with Crippen molar-refractivity contribution in [3.05, 3.63) is 59.5 Å². The van der Waals surface area contributed by atoms with Gasteiger partial charge in [-0.3, -0.25) is 4.90 Å². The lowest BCUT2D eigenvalue weighted by molar-refractivity contribution is 0.170. The highest BCUT2D eigenvalue weighted by Gasteiger charge is 2.25. The molecule has 6 rings (SSSR count). The summed E-state index contributed by atoms with van der Waals surface area (Å²) in [6, 6.07) is 12.7. The molecule has 4 aromatic rings. The van der Waals surface area contributed by atoms with E-state index in [1.807, 2.05) is 16.8 Å². The maximum absolute atomic E-state index is 6.18. The van der Waals surface area contributed by atoms with Crippen molar-refractivity contribution in [2.24, 2.45) is 11.8 Å². The highest BCUT2D eigenvalue weighted by Crippen LogP contribution is 2.35. The topological polar surface area (TPSA) is 59.0 Å². The second-order valence-corrected chi connectivity index (χ2v) is 11.0. The van der Waals surface area contributed by atoms with Crippen molar-refractivity contribution in [1.29, 1.82) is 0 Å². The molecule has 38 heavy (non-hydrogen) atoms. The second kappa shape index (κ2) is 12.7. The first-order chi connectivity index (χ1) is 17.6. The van der Waals surface area contributed by atoms with Gasteiger partial charge >= 0.3 is 0 Å². The van der Waals surface area contributed by atoms with Gasteiger partial charge in [0, 0.05) is 24.7 Å². The Morgan fingerprint density at radius 1 is 1.03 bits per heavy atom.